The van der Waals surface area contributed by atoms with E-state index >= 15 is 0 Å². The minimum atomic E-state index is 0.449. The second-order valence-corrected chi connectivity index (χ2v) is 4.88. The van der Waals surface area contributed by atoms with Gasteiger partial charge < -0.3 is 10.1 Å². The van der Waals surface area contributed by atoms with Crippen LogP contribution in [0.3, 0.4) is 0 Å². The van der Waals surface area contributed by atoms with Crippen LogP contribution < -0.4 is 5.32 Å². The molecule has 1 rings (SSSR count). The van der Waals surface area contributed by atoms with E-state index in [-0.39, 0.29) is 0 Å². The van der Waals surface area contributed by atoms with Crippen molar-refractivity contribution in [1.29, 1.82) is 0 Å². The highest BCUT2D eigenvalue weighted by atomic mass is 16.5. The van der Waals surface area contributed by atoms with Gasteiger partial charge in [-0.3, -0.25) is 5.10 Å². The molecule has 1 heterocycles. The molecule has 0 aliphatic heterocycles. The monoisotopic (exact) mass is 239 g/mol. The molecule has 1 unspecified atom stereocenters. The van der Waals surface area contributed by atoms with E-state index in [9.17, 15) is 0 Å². The van der Waals surface area contributed by atoms with Crippen molar-refractivity contribution in [2.24, 2.45) is 5.92 Å². The molecule has 98 valence electrons. The van der Waals surface area contributed by atoms with Gasteiger partial charge in [-0.15, -0.1) is 0 Å². The molecule has 0 saturated heterocycles. The molecule has 0 spiro atoms. The molecule has 4 heteroatoms. The van der Waals surface area contributed by atoms with Crippen LogP contribution in [0.15, 0.2) is 6.20 Å². The summed E-state index contributed by atoms with van der Waals surface area (Å²) in [5.41, 5.74) is 2.50. The summed E-state index contributed by atoms with van der Waals surface area (Å²) in [6.45, 7) is 8.31. The largest absolute Gasteiger partial charge is 0.383 e. The highest BCUT2D eigenvalue weighted by Gasteiger charge is 2.11. The maximum Gasteiger partial charge on any atom is 0.0618 e. The molecule has 0 aliphatic carbocycles. The topological polar surface area (TPSA) is 49.9 Å². The molecule has 0 fully saturated rings. The standard InChI is InChI=1S/C13H25N3O/c1-10(2)13(9-17-4)14-7-5-6-12-8-15-16-11(12)3/h8,10,13-14H,5-7,9H2,1-4H3,(H,15,16). The molecule has 0 aromatic carbocycles. The van der Waals surface area contributed by atoms with Gasteiger partial charge in [0.05, 0.1) is 12.8 Å². The van der Waals surface area contributed by atoms with Crippen molar-refractivity contribution in [1.82, 2.24) is 15.5 Å². The number of hydrogen-bond acceptors (Lipinski definition) is 3. The summed E-state index contributed by atoms with van der Waals surface area (Å²) in [5, 5.41) is 10.5. The first-order valence-corrected chi connectivity index (χ1v) is 6.36. The van der Waals surface area contributed by atoms with E-state index in [4.69, 9.17) is 4.74 Å². The Morgan fingerprint density at radius 3 is 2.76 bits per heavy atom. The third kappa shape index (κ3) is 4.88. The molecule has 0 amide bonds. The Morgan fingerprint density at radius 2 is 2.24 bits per heavy atom. The smallest absolute Gasteiger partial charge is 0.0618 e. The van der Waals surface area contributed by atoms with Crippen molar-refractivity contribution in [2.45, 2.75) is 39.7 Å². The molecule has 2 N–H and O–H groups in total. The summed E-state index contributed by atoms with van der Waals surface area (Å²) in [4.78, 5) is 0. The minimum absolute atomic E-state index is 0.449. The molecular weight excluding hydrogens is 214 g/mol. The summed E-state index contributed by atoms with van der Waals surface area (Å²) in [6.07, 6.45) is 4.13. The Bertz CT molecular complexity index is 309. The fourth-order valence-electron chi connectivity index (χ4n) is 1.86. The van der Waals surface area contributed by atoms with Crippen molar-refractivity contribution < 1.29 is 4.74 Å². The average Bonchev–Trinajstić information content (AvgIpc) is 2.68. The van der Waals surface area contributed by atoms with Crippen LogP contribution >= 0.6 is 0 Å². The third-order valence-electron chi connectivity index (χ3n) is 3.11. The van der Waals surface area contributed by atoms with Crippen LogP contribution in [-0.2, 0) is 11.2 Å². The van der Waals surface area contributed by atoms with Crippen molar-refractivity contribution in [3.63, 3.8) is 0 Å². The summed E-state index contributed by atoms with van der Waals surface area (Å²) in [6, 6.07) is 0.449. The maximum absolute atomic E-state index is 5.21. The third-order valence-corrected chi connectivity index (χ3v) is 3.11. The Balaban J connectivity index is 2.20. The lowest BCUT2D eigenvalue weighted by atomic mass is 10.0. The van der Waals surface area contributed by atoms with Crippen LogP contribution in [0.1, 0.15) is 31.5 Å². The molecule has 0 saturated carbocycles. The summed E-state index contributed by atoms with van der Waals surface area (Å²) in [5.74, 6) is 0.602. The van der Waals surface area contributed by atoms with Gasteiger partial charge in [-0.25, -0.2) is 0 Å². The van der Waals surface area contributed by atoms with Crippen molar-refractivity contribution in [2.75, 3.05) is 20.3 Å². The van der Waals surface area contributed by atoms with Crippen LogP contribution in [0.5, 0.6) is 0 Å². The van der Waals surface area contributed by atoms with E-state index in [0.29, 0.717) is 12.0 Å². The van der Waals surface area contributed by atoms with Gasteiger partial charge in [0, 0.05) is 18.8 Å². The zero-order valence-corrected chi connectivity index (χ0v) is 11.4. The predicted molar refractivity (Wildman–Crippen MR) is 70.2 cm³/mol. The molecule has 1 aromatic heterocycles. The first kappa shape index (κ1) is 14.2. The normalized spacial score (nSPS) is 13.2. The van der Waals surface area contributed by atoms with E-state index in [1.54, 1.807) is 7.11 Å². The van der Waals surface area contributed by atoms with E-state index in [2.05, 4.69) is 36.3 Å². The van der Waals surface area contributed by atoms with Crippen LogP contribution in [0.25, 0.3) is 0 Å². The number of aryl methyl sites for hydroxylation is 2. The summed E-state index contributed by atoms with van der Waals surface area (Å²) in [7, 11) is 1.76. The number of H-pyrrole nitrogens is 1. The van der Waals surface area contributed by atoms with Gasteiger partial charge in [0.1, 0.15) is 0 Å². The van der Waals surface area contributed by atoms with Crippen LogP contribution in [0.2, 0.25) is 0 Å². The second-order valence-electron chi connectivity index (χ2n) is 4.88. The predicted octanol–water partition coefficient (Wildman–Crippen LogP) is 1.91. The zero-order valence-electron chi connectivity index (χ0n) is 11.4. The maximum atomic E-state index is 5.21. The molecule has 17 heavy (non-hydrogen) atoms. The molecular formula is C13H25N3O. The van der Waals surface area contributed by atoms with E-state index in [0.717, 1.165) is 26.0 Å². The van der Waals surface area contributed by atoms with Crippen LogP contribution in [0.4, 0.5) is 0 Å². The van der Waals surface area contributed by atoms with E-state index < -0.39 is 0 Å². The first-order chi connectivity index (χ1) is 8.15. The quantitative estimate of drug-likeness (QED) is 0.681. The van der Waals surface area contributed by atoms with Gasteiger partial charge >= 0.3 is 0 Å². The van der Waals surface area contributed by atoms with Gasteiger partial charge in [0.15, 0.2) is 0 Å². The van der Waals surface area contributed by atoms with Gasteiger partial charge in [0.2, 0.25) is 0 Å². The number of hydrogen-bond donors (Lipinski definition) is 2. The van der Waals surface area contributed by atoms with Crippen molar-refractivity contribution in [3.8, 4) is 0 Å². The second kappa shape index (κ2) is 7.45. The number of aromatic nitrogens is 2. The van der Waals surface area contributed by atoms with Gasteiger partial charge in [0.25, 0.3) is 0 Å². The Hall–Kier alpha value is -0.870. The van der Waals surface area contributed by atoms with Gasteiger partial charge in [-0.2, -0.15) is 5.10 Å². The molecule has 4 nitrogen and oxygen atoms in total. The van der Waals surface area contributed by atoms with Crippen molar-refractivity contribution >= 4 is 0 Å². The Labute approximate surface area is 104 Å². The van der Waals surface area contributed by atoms with E-state index in [1.165, 1.54) is 11.3 Å². The fourth-order valence-corrected chi connectivity index (χ4v) is 1.86. The van der Waals surface area contributed by atoms with Crippen LogP contribution in [-0.4, -0.2) is 36.5 Å². The summed E-state index contributed by atoms with van der Waals surface area (Å²) >= 11 is 0. The van der Waals surface area contributed by atoms with E-state index in [1.807, 2.05) is 6.20 Å². The van der Waals surface area contributed by atoms with Gasteiger partial charge in [-0.1, -0.05) is 13.8 Å². The fraction of sp³-hybridized carbons (Fsp3) is 0.769. The van der Waals surface area contributed by atoms with Crippen molar-refractivity contribution in [3.05, 3.63) is 17.5 Å². The highest BCUT2D eigenvalue weighted by Crippen LogP contribution is 2.06. The molecule has 1 aromatic rings. The lowest BCUT2D eigenvalue weighted by molar-refractivity contribution is 0.147. The highest BCUT2D eigenvalue weighted by molar-refractivity contribution is 5.14. The number of aromatic amines is 1. The number of nitrogens with one attached hydrogen (secondary N) is 2. The first-order valence-electron chi connectivity index (χ1n) is 6.36. The Morgan fingerprint density at radius 1 is 1.47 bits per heavy atom. The number of ether oxygens (including phenoxy) is 1. The average molecular weight is 239 g/mol. The number of methoxy groups -OCH3 is 1. The van der Waals surface area contributed by atoms with Crippen LogP contribution in [0, 0.1) is 12.8 Å². The SMILES string of the molecule is COCC(NCCCc1cn[nH]c1C)C(C)C. The number of nitrogens with zero attached hydrogens (tertiary/aromatic N) is 1. The molecule has 0 bridgehead atoms. The minimum Gasteiger partial charge on any atom is -0.383 e. The lowest BCUT2D eigenvalue weighted by Gasteiger charge is -2.21. The summed E-state index contributed by atoms with van der Waals surface area (Å²) < 4.78 is 5.21. The number of rotatable bonds is 8. The molecule has 1 atom stereocenters. The molecule has 0 aliphatic rings. The molecule has 0 radical (unpaired) electrons. The lowest BCUT2D eigenvalue weighted by Crippen LogP contribution is -2.38. The van der Waals surface area contributed by atoms with Gasteiger partial charge in [-0.05, 0) is 37.8 Å². The Kier molecular flexibility index (Phi) is 6.22. The zero-order chi connectivity index (χ0) is 12.7.